The van der Waals surface area contributed by atoms with Crippen LogP contribution in [0.4, 0.5) is 4.39 Å². The number of hydrogen-bond acceptors (Lipinski definition) is 3. The Morgan fingerprint density at radius 2 is 2.16 bits per heavy atom. The van der Waals surface area contributed by atoms with Crippen molar-refractivity contribution < 1.29 is 9.29 Å². The summed E-state index contributed by atoms with van der Waals surface area (Å²) in [5.41, 5.74) is 1.92. The van der Waals surface area contributed by atoms with E-state index in [9.17, 15) is 4.39 Å². The largest absolute Gasteiger partial charge is 0.310 e. The van der Waals surface area contributed by atoms with E-state index in [4.69, 9.17) is 12.2 Å². The van der Waals surface area contributed by atoms with E-state index in [1.165, 1.54) is 21.4 Å². The topological polar surface area (TPSA) is 27.2 Å². The van der Waals surface area contributed by atoms with Crippen molar-refractivity contribution >= 4 is 23.6 Å². The van der Waals surface area contributed by atoms with Crippen LogP contribution in [0.3, 0.4) is 0 Å². The highest BCUT2D eigenvalue weighted by Gasteiger charge is 2.29. The number of halogens is 1. The molecule has 1 aliphatic heterocycles. The molecule has 0 saturated heterocycles. The van der Waals surface area contributed by atoms with Gasteiger partial charge in [-0.25, -0.2) is 4.39 Å². The van der Waals surface area contributed by atoms with Gasteiger partial charge in [0.05, 0.1) is 12.1 Å². The van der Waals surface area contributed by atoms with Gasteiger partial charge >= 0.3 is 0 Å². The Morgan fingerprint density at radius 3 is 2.96 bits per heavy atom. The molecule has 1 aliphatic rings. The zero-order valence-corrected chi connectivity index (χ0v) is 15.8. The van der Waals surface area contributed by atoms with Gasteiger partial charge in [-0.05, 0) is 42.7 Å². The third kappa shape index (κ3) is 2.86. The van der Waals surface area contributed by atoms with Crippen molar-refractivity contribution in [3.63, 3.8) is 0 Å². The molecule has 1 aromatic carbocycles. The van der Waals surface area contributed by atoms with Crippen molar-refractivity contribution in [2.75, 3.05) is 6.54 Å². The first-order valence-corrected chi connectivity index (χ1v) is 9.64. The summed E-state index contributed by atoms with van der Waals surface area (Å²) in [5.74, 6) is 0.294. The first kappa shape index (κ1) is 16.6. The lowest BCUT2D eigenvalue weighted by atomic mass is 10.0. The van der Waals surface area contributed by atoms with E-state index in [1.807, 2.05) is 29.1 Å². The third-order valence-electron chi connectivity index (χ3n) is 5.04. The van der Waals surface area contributed by atoms with Gasteiger partial charge in [-0.1, -0.05) is 12.1 Å². The minimum absolute atomic E-state index is 0.278. The van der Waals surface area contributed by atoms with Gasteiger partial charge in [-0.3, -0.25) is 0 Å². The van der Waals surface area contributed by atoms with Crippen molar-refractivity contribution in [3.8, 4) is 11.4 Å². The quantitative estimate of drug-likeness (QED) is 0.713. The Morgan fingerprint density at radius 1 is 1.36 bits per heavy atom. The number of rotatable bonds is 3. The molecule has 2 atom stereocenters. The molecule has 0 fully saturated rings. The molecule has 4 rings (SSSR count). The van der Waals surface area contributed by atoms with E-state index in [1.54, 1.807) is 16.7 Å². The molecule has 2 aromatic heterocycles. The fourth-order valence-electron chi connectivity index (χ4n) is 3.53. The monoisotopic (exact) mass is 375 g/mol. The van der Waals surface area contributed by atoms with Crippen LogP contribution in [0.25, 0.3) is 11.4 Å². The summed E-state index contributed by atoms with van der Waals surface area (Å²) >= 11 is 7.40. The normalized spacial score (nSPS) is 19.8. The average molecular weight is 376 g/mol. The second-order valence-electron chi connectivity index (χ2n) is 6.48. The van der Waals surface area contributed by atoms with Crippen molar-refractivity contribution in [1.29, 1.82) is 0 Å². The SMILES string of the molecule is C[C@H]1c2ccsc2CC[NH+]1Cn1nc(-c2ccccc2F)n(C)c1=S. The second-order valence-corrected chi connectivity index (χ2v) is 7.85. The lowest BCUT2D eigenvalue weighted by Gasteiger charge is -2.30. The molecule has 0 aliphatic carbocycles. The van der Waals surface area contributed by atoms with Crippen molar-refractivity contribution in [2.24, 2.45) is 7.05 Å². The molecule has 1 unspecified atom stereocenters. The van der Waals surface area contributed by atoms with Gasteiger partial charge in [0.2, 0.25) is 4.77 Å². The van der Waals surface area contributed by atoms with Gasteiger partial charge in [0.15, 0.2) is 12.5 Å². The number of fused-ring (bicyclic) bond motifs is 1. The van der Waals surface area contributed by atoms with Crippen LogP contribution in [0.2, 0.25) is 0 Å². The van der Waals surface area contributed by atoms with Crippen LogP contribution in [-0.2, 0) is 20.1 Å². The van der Waals surface area contributed by atoms with Crippen LogP contribution >= 0.6 is 23.6 Å². The molecule has 0 spiro atoms. The van der Waals surface area contributed by atoms with E-state index in [2.05, 4.69) is 23.5 Å². The molecular formula is C18H20FN4S2+. The fraction of sp³-hybridized carbons (Fsp3) is 0.333. The predicted molar refractivity (Wildman–Crippen MR) is 99.7 cm³/mol. The zero-order valence-electron chi connectivity index (χ0n) is 14.2. The van der Waals surface area contributed by atoms with Crippen LogP contribution in [0.1, 0.15) is 23.4 Å². The van der Waals surface area contributed by atoms with Crippen molar-refractivity contribution in [3.05, 3.63) is 56.7 Å². The summed E-state index contributed by atoms with van der Waals surface area (Å²) in [6.45, 7) is 4.00. The molecule has 7 heteroatoms. The third-order valence-corrected chi connectivity index (χ3v) is 6.52. The van der Waals surface area contributed by atoms with Crippen LogP contribution in [0.5, 0.6) is 0 Å². The van der Waals surface area contributed by atoms with Gasteiger partial charge < -0.3 is 9.47 Å². The Hall–Kier alpha value is -1.83. The summed E-state index contributed by atoms with van der Waals surface area (Å²) in [6, 6.07) is 9.33. The molecule has 130 valence electrons. The molecule has 0 radical (unpaired) electrons. The lowest BCUT2D eigenvalue weighted by Crippen LogP contribution is -3.12. The number of hydrogen-bond donors (Lipinski definition) is 1. The summed E-state index contributed by atoms with van der Waals surface area (Å²) in [6.07, 6.45) is 1.09. The molecule has 3 heterocycles. The molecule has 3 aromatic rings. The van der Waals surface area contributed by atoms with Crippen molar-refractivity contribution in [2.45, 2.75) is 26.1 Å². The Kier molecular flexibility index (Phi) is 4.31. The summed E-state index contributed by atoms with van der Waals surface area (Å²) in [4.78, 5) is 2.92. The summed E-state index contributed by atoms with van der Waals surface area (Å²) < 4.78 is 18.4. The van der Waals surface area contributed by atoms with Crippen LogP contribution in [-0.4, -0.2) is 20.9 Å². The Bertz CT molecular complexity index is 972. The highest BCUT2D eigenvalue weighted by molar-refractivity contribution is 7.71. The highest BCUT2D eigenvalue weighted by atomic mass is 32.1. The van der Waals surface area contributed by atoms with Gasteiger partial charge in [0.1, 0.15) is 11.9 Å². The number of quaternary nitrogens is 1. The van der Waals surface area contributed by atoms with Crippen LogP contribution in [0, 0.1) is 10.6 Å². The maximum atomic E-state index is 14.1. The molecule has 4 nitrogen and oxygen atoms in total. The molecule has 25 heavy (non-hydrogen) atoms. The maximum absolute atomic E-state index is 14.1. The number of nitrogens with zero attached hydrogens (tertiary/aromatic N) is 3. The molecule has 0 amide bonds. The minimum Gasteiger partial charge on any atom is -0.310 e. The van der Waals surface area contributed by atoms with Gasteiger partial charge in [-0.2, -0.15) is 4.68 Å². The first-order chi connectivity index (χ1) is 12.1. The number of benzene rings is 1. The van der Waals surface area contributed by atoms with E-state index >= 15 is 0 Å². The summed E-state index contributed by atoms with van der Waals surface area (Å²) in [5, 5.41) is 6.80. The van der Waals surface area contributed by atoms with Gasteiger partial charge in [0, 0.05) is 23.9 Å². The Balaban J connectivity index is 1.66. The molecule has 0 saturated carbocycles. The van der Waals surface area contributed by atoms with E-state index in [0.29, 0.717) is 28.9 Å². The number of aromatic nitrogens is 3. The smallest absolute Gasteiger partial charge is 0.202 e. The van der Waals surface area contributed by atoms with E-state index in [-0.39, 0.29) is 5.82 Å². The number of nitrogens with one attached hydrogen (secondary N) is 1. The van der Waals surface area contributed by atoms with Crippen molar-refractivity contribution in [1.82, 2.24) is 14.3 Å². The lowest BCUT2D eigenvalue weighted by molar-refractivity contribution is -0.954. The molecule has 0 bridgehead atoms. The minimum atomic E-state index is -0.278. The maximum Gasteiger partial charge on any atom is 0.202 e. The van der Waals surface area contributed by atoms with E-state index < -0.39 is 0 Å². The highest BCUT2D eigenvalue weighted by Crippen LogP contribution is 2.25. The van der Waals surface area contributed by atoms with Crippen LogP contribution < -0.4 is 4.90 Å². The first-order valence-electron chi connectivity index (χ1n) is 8.36. The molecular weight excluding hydrogens is 355 g/mol. The van der Waals surface area contributed by atoms with Gasteiger partial charge in [-0.15, -0.1) is 16.4 Å². The van der Waals surface area contributed by atoms with E-state index in [0.717, 1.165) is 13.0 Å². The van der Waals surface area contributed by atoms with Crippen LogP contribution in [0.15, 0.2) is 35.7 Å². The second kappa shape index (κ2) is 6.48. The zero-order chi connectivity index (χ0) is 17.6. The fourth-order valence-corrected chi connectivity index (χ4v) is 4.70. The van der Waals surface area contributed by atoms with Gasteiger partial charge in [0.25, 0.3) is 0 Å². The number of thiophene rings is 1. The Labute approximate surface area is 155 Å². The molecule has 1 N–H and O–H groups in total. The average Bonchev–Trinajstić information content (AvgIpc) is 3.19. The summed E-state index contributed by atoms with van der Waals surface area (Å²) in [7, 11) is 1.85. The standard InChI is InChI=1S/C18H19FN4S2/c1-12-13-8-10-25-16(13)7-9-22(12)11-23-18(24)21(2)17(20-23)14-5-3-4-6-15(14)19/h3-6,8,10,12H,7,9,11H2,1-2H3/p+1/t12-/m0/s1. The predicted octanol–water partition coefficient (Wildman–Crippen LogP) is 2.98.